The van der Waals surface area contributed by atoms with E-state index >= 15 is 0 Å². The number of aromatic nitrogens is 2. The predicted molar refractivity (Wildman–Crippen MR) is 92.2 cm³/mol. The molecule has 8 heteroatoms. The Kier molecular flexibility index (Phi) is 6.52. The molecule has 0 aliphatic heterocycles. The molecule has 0 fully saturated rings. The van der Waals surface area contributed by atoms with Crippen molar-refractivity contribution >= 4 is 23.5 Å². The van der Waals surface area contributed by atoms with Crippen molar-refractivity contribution < 1.29 is 19.2 Å². The first-order chi connectivity index (χ1) is 11.9. The molecule has 0 saturated carbocycles. The van der Waals surface area contributed by atoms with Gasteiger partial charge in [-0.05, 0) is 37.6 Å². The second kappa shape index (κ2) is 8.62. The van der Waals surface area contributed by atoms with Gasteiger partial charge in [0.1, 0.15) is 6.54 Å². The van der Waals surface area contributed by atoms with Crippen LogP contribution in [0, 0.1) is 0 Å². The number of carbonyl (C=O) groups is 2. The molecule has 1 amide bonds. The van der Waals surface area contributed by atoms with Crippen LogP contribution in [0.1, 0.15) is 32.6 Å². The molecule has 0 spiro atoms. The van der Waals surface area contributed by atoms with Gasteiger partial charge in [-0.3, -0.25) is 9.59 Å². The van der Waals surface area contributed by atoms with Crippen LogP contribution in [-0.4, -0.2) is 44.6 Å². The molecule has 0 aliphatic rings. The smallest absolute Gasteiger partial charge is 0.323 e. The largest absolute Gasteiger partial charge is 0.480 e. The quantitative estimate of drug-likeness (QED) is 0.772. The Bertz CT molecular complexity index is 730. The average molecular weight is 366 g/mol. The molecule has 2 rings (SSSR count). The summed E-state index contributed by atoms with van der Waals surface area (Å²) in [7, 11) is 0. The van der Waals surface area contributed by atoms with Crippen LogP contribution in [0.2, 0.25) is 5.02 Å². The highest BCUT2D eigenvalue weighted by atomic mass is 35.5. The van der Waals surface area contributed by atoms with E-state index in [9.17, 15) is 9.59 Å². The Morgan fingerprint density at radius 2 is 2.00 bits per heavy atom. The van der Waals surface area contributed by atoms with Gasteiger partial charge in [0.2, 0.25) is 17.6 Å². The summed E-state index contributed by atoms with van der Waals surface area (Å²) in [5, 5.41) is 13.5. The molecule has 1 aromatic carbocycles. The van der Waals surface area contributed by atoms with Crippen LogP contribution in [-0.2, 0) is 16.0 Å². The number of aryl methyl sites for hydroxylation is 1. The normalized spacial score (nSPS) is 12.0. The molecule has 0 radical (unpaired) electrons. The number of carbonyl (C=O) groups excluding carboxylic acids is 1. The van der Waals surface area contributed by atoms with Gasteiger partial charge in [-0.2, -0.15) is 4.98 Å². The van der Waals surface area contributed by atoms with Gasteiger partial charge in [-0.15, -0.1) is 0 Å². The van der Waals surface area contributed by atoms with Gasteiger partial charge in [-0.25, -0.2) is 0 Å². The zero-order chi connectivity index (χ0) is 18.4. The van der Waals surface area contributed by atoms with Gasteiger partial charge in [0, 0.05) is 29.5 Å². The van der Waals surface area contributed by atoms with Crippen LogP contribution in [0.3, 0.4) is 0 Å². The molecule has 1 atom stereocenters. The fraction of sp³-hybridized carbons (Fsp3) is 0.412. The summed E-state index contributed by atoms with van der Waals surface area (Å²) in [6.07, 6.45) is 1.05. The van der Waals surface area contributed by atoms with Gasteiger partial charge in [0.15, 0.2) is 0 Å². The molecule has 2 aromatic rings. The lowest BCUT2D eigenvalue weighted by atomic mass is 10.2. The molecule has 25 heavy (non-hydrogen) atoms. The molecule has 134 valence electrons. The van der Waals surface area contributed by atoms with E-state index in [1.54, 1.807) is 24.3 Å². The van der Waals surface area contributed by atoms with Crippen LogP contribution in [0.25, 0.3) is 11.4 Å². The fourth-order valence-electron chi connectivity index (χ4n) is 2.29. The number of carboxylic acids is 1. The molecular weight excluding hydrogens is 346 g/mol. The van der Waals surface area contributed by atoms with Crippen molar-refractivity contribution in [2.45, 2.75) is 39.2 Å². The lowest BCUT2D eigenvalue weighted by Crippen LogP contribution is -2.41. The van der Waals surface area contributed by atoms with Gasteiger partial charge in [-0.1, -0.05) is 23.7 Å². The van der Waals surface area contributed by atoms with Crippen molar-refractivity contribution in [3.05, 3.63) is 35.2 Å². The minimum atomic E-state index is -1.03. The van der Waals surface area contributed by atoms with Crippen molar-refractivity contribution in [3.8, 4) is 11.4 Å². The number of nitrogens with zero attached hydrogens (tertiary/aromatic N) is 3. The van der Waals surface area contributed by atoms with E-state index in [-0.39, 0.29) is 31.3 Å². The summed E-state index contributed by atoms with van der Waals surface area (Å²) in [4.78, 5) is 28.9. The second-order valence-corrected chi connectivity index (χ2v) is 6.13. The van der Waals surface area contributed by atoms with Gasteiger partial charge < -0.3 is 14.5 Å². The molecule has 0 bridgehead atoms. The van der Waals surface area contributed by atoms with Gasteiger partial charge >= 0.3 is 5.97 Å². The molecular formula is C17H20ClN3O4. The zero-order valence-electron chi connectivity index (χ0n) is 14.1. The number of aliphatic carboxylic acids is 1. The zero-order valence-corrected chi connectivity index (χ0v) is 14.9. The third-order valence-corrected chi connectivity index (χ3v) is 4.12. The highest BCUT2D eigenvalue weighted by molar-refractivity contribution is 6.30. The highest BCUT2D eigenvalue weighted by Crippen LogP contribution is 2.19. The summed E-state index contributed by atoms with van der Waals surface area (Å²) >= 11 is 5.84. The van der Waals surface area contributed by atoms with Crippen molar-refractivity contribution in [2.24, 2.45) is 0 Å². The van der Waals surface area contributed by atoms with E-state index in [4.69, 9.17) is 21.2 Å². The van der Waals surface area contributed by atoms with Crippen molar-refractivity contribution in [1.29, 1.82) is 0 Å². The lowest BCUT2D eigenvalue weighted by Gasteiger charge is -2.26. The number of amides is 1. The van der Waals surface area contributed by atoms with E-state index in [1.165, 1.54) is 4.90 Å². The van der Waals surface area contributed by atoms with Gasteiger partial charge in [0.05, 0.1) is 0 Å². The second-order valence-electron chi connectivity index (χ2n) is 5.69. The Balaban J connectivity index is 1.99. The maximum Gasteiger partial charge on any atom is 0.323 e. The third-order valence-electron chi connectivity index (χ3n) is 3.87. The lowest BCUT2D eigenvalue weighted by molar-refractivity contribution is -0.146. The Morgan fingerprint density at radius 1 is 1.32 bits per heavy atom. The van der Waals surface area contributed by atoms with E-state index in [1.807, 2.05) is 13.8 Å². The maximum atomic E-state index is 12.3. The number of hydrogen-bond acceptors (Lipinski definition) is 5. The monoisotopic (exact) mass is 365 g/mol. The number of carboxylic acid groups (broad SMARTS) is 1. The van der Waals surface area contributed by atoms with Crippen LogP contribution >= 0.6 is 11.6 Å². The molecule has 0 saturated heterocycles. The molecule has 0 aliphatic carbocycles. The van der Waals surface area contributed by atoms with E-state index in [0.717, 1.165) is 5.56 Å². The summed E-state index contributed by atoms with van der Waals surface area (Å²) in [5.41, 5.74) is 0.762. The van der Waals surface area contributed by atoms with Crippen molar-refractivity contribution in [1.82, 2.24) is 15.0 Å². The van der Waals surface area contributed by atoms with Crippen LogP contribution in [0.15, 0.2) is 28.8 Å². The Morgan fingerprint density at radius 3 is 2.60 bits per heavy atom. The number of hydrogen-bond donors (Lipinski definition) is 1. The molecule has 1 unspecified atom stereocenters. The topological polar surface area (TPSA) is 96.5 Å². The standard InChI is InChI=1S/C17H20ClN3O4/c1-3-11(2)21(10-16(23)24)15(22)9-8-14-19-17(20-25-14)12-4-6-13(18)7-5-12/h4-7,11H,3,8-10H2,1-2H3,(H,23,24). The third kappa shape index (κ3) is 5.29. The van der Waals surface area contributed by atoms with Crippen molar-refractivity contribution in [3.63, 3.8) is 0 Å². The van der Waals surface area contributed by atoms with Crippen molar-refractivity contribution in [2.75, 3.05) is 6.54 Å². The minimum Gasteiger partial charge on any atom is -0.480 e. The van der Waals surface area contributed by atoms with Gasteiger partial charge in [0.25, 0.3) is 0 Å². The van der Waals surface area contributed by atoms with E-state index < -0.39 is 5.97 Å². The Labute approximate surface area is 150 Å². The molecule has 1 N–H and O–H groups in total. The van der Waals surface area contributed by atoms with E-state index in [0.29, 0.717) is 23.2 Å². The first-order valence-corrected chi connectivity index (χ1v) is 8.38. The molecule has 1 aromatic heterocycles. The van der Waals surface area contributed by atoms with E-state index in [2.05, 4.69) is 10.1 Å². The first-order valence-electron chi connectivity index (χ1n) is 8.00. The first kappa shape index (κ1) is 18.9. The van der Waals surface area contributed by atoms with Crippen LogP contribution in [0.5, 0.6) is 0 Å². The highest BCUT2D eigenvalue weighted by Gasteiger charge is 2.22. The molecule has 7 nitrogen and oxygen atoms in total. The maximum absolute atomic E-state index is 12.3. The number of benzene rings is 1. The fourth-order valence-corrected chi connectivity index (χ4v) is 2.41. The predicted octanol–water partition coefficient (Wildman–Crippen LogP) is 3.03. The number of rotatable bonds is 8. The summed E-state index contributed by atoms with van der Waals surface area (Å²) < 4.78 is 5.17. The molecule has 1 heterocycles. The Hall–Kier alpha value is -2.41. The van der Waals surface area contributed by atoms with Crippen LogP contribution < -0.4 is 0 Å². The summed E-state index contributed by atoms with van der Waals surface area (Å²) in [6.45, 7) is 3.42. The average Bonchev–Trinajstić information content (AvgIpc) is 3.06. The number of halogens is 1. The SMILES string of the molecule is CCC(C)N(CC(=O)O)C(=O)CCc1nc(-c2ccc(Cl)cc2)no1. The summed E-state index contributed by atoms with van der Waals surface area (Å²) in [5.74, 6) is -0.527. The summed E-state index contributed by atoms with van der Waals surface area (Å²) in [6, 6.07) is 6.87. The van der Waals surface area contributed by atoms with Crippen LogP contribution in [0.4, 0.5) is 0 Å². The minimum absolute atomic E-state index is 0.111.